The second-order valence-corrected chi connectivity index (χ2v) is 20.1. The number of rotatable bonds is 11. The SMILES string of the molecule is CC(C)Cc1ccnc(-n2c3[c-]c(Oc4[c-]c(N5[CH-]N(c6cc(-c7ccccc7)cc(C(C)(C)C)c6)c6ccccc65)ccc4)ccc3c3cc(-c4c(C(C)C)cccc4C(C)C)ccc32)c1.[Pt]. The molecular formula is C62H59N4OPt-3. The molecule has 0 aliphatic carbocycles. The van der Waals surface area contributed by atoms with Gasteiger partial charge in [-0.2, -0.15) is 12.1 Å². The molecule has 6 heteroatoms. The van der Waals surface area contributed by atoms with Gasteiger partial charge >= 0.3 is 0 Å². The number of aromatic nitrogens is 2. The summed E-state index contributed by atoms with van der Waals surface area (Å²) in [7, 11) is 0. The molecule has 0 amide bonds. The van der Waals surface area contributed by atoms with Gasteiger partial charge in [0.1, 0.15) is 5.82 Å². The van der Waals surface area contributed by atoms with Crippen LogP contribution in [0.3, 0.4) is 0 Å². The topological polar surface area (TPSA) is 33.5 Å². The average molecular weight is 1070 g/mol. The zero-order chi connectivity index (χ0) is 46.6. The first-order valence-corrected chi connectivity index (χ1v) is 23.8. The molecule has 68 heavy (non-hydrogen) atoms. The van der Waals surface area contributed by atoms with Gasteiger partial charge < -0.3 is 19.1 Å². The van der Waals surface area contributed by atoms with E-state index >= 15 is 0 Å². The quantitative estimate of drug-likeness (QED) is 0.121. The van der Waals surface area contributed by atoms with Crippen molar-refractivity contribution in [2.24, 2.45) is 5.92 Å². The Hall–Kier alpha value is -6.42. The summed E-state index contributed by atoms with van der Waals surface area (Å²) >= 11 is 0. The van der Waals surface area contributed by atoms with Crippen molar-refractivity contribution in [1.29, 1.82) is 0 Å². The van der Waals surface area contributed by atoms with Crippen molar-refractivity contribution in [3.05, 3.63) is 199 Å². The molecule has 10 rings (SSSR count). The van der Waals surface area contributed by atoms with Crippen LogP contribution >= 0.6 is 0 Å². The van der Waals surface area contributed by atoms with E-state index in [1.54, 1.807) is 0 Å². The number of para-hydroxylation sites is 2. The summed E-state index contributed by atoms with van der Waals surface area (Å²) in [4.78, 5) is 9.47. The molecule has 2 aromatic heterocycles. The average Bonchev–Trinajstić information content (AvgIpc) is 3.87. The molecule has 0 spiro atoms. The first-order chi connectivity index (χ1) is 32.3. The number of hydrogen-bond donors (Lipinski definition) is 0. The second kappa shape index (κ2) is 18.9. The van der Waals surface area contributed by atoms with Crippen molar-refractivity contribution >= 4 is 44.6 Å². The number of anilines is 4. The molecule has 0 atom stereocenters. The summed E-state index contributed by atoms with van der Waals surface area (Å²) < 4.78 is 9.00. The number of benzene rings is 7. The Balaban J connectivity index is 0.00000578. The molecule has 9 aromatic rings. The van der Waals surface area contributed by atoms with Crippen LogP contribution in [0, 0.1) is 24.7 Å². The fraction of sp³-hybridized carbons (Fsp3) is 0.226. The molecule has 1 aliphatic rings. The fourth-order valence-electron chi connectivity index (χ4n) is 9.69. The third-order valence-electron chi connectivity index (χ3n) is 13.0. The maximum atomic E-state index is 6.75. The van der Waals surface area contributed by atoms with E-state index in [1.165, 1.54) is 44.5 Å². The smallest absolute Gasteiger partial charge is 0.135 e. The molecule has 1 aliphatic heterocycles. The monoisotopic (exact) mass is 1070 g/mol. The molecule has 7 aromatic carbocycles. The number of ether oxygens (including phenoxy) is 1. The molecule has 346 valence electrons. The minimum atomic E-state index is -0.0409. The molecule has 0 fully saturated rings. The van der Waals surface area contributed by atoms with Crippen LogP contribution in [0.15, 0.2) is 158 Å². The third kappa shape index (κ3) is 9.02. The Morgan fingerprint density at radius 2 is 1.29 bits per heavy atom. The summed E-state index contributed by atoms with van der Waals surface area (Å²) in [6.07, 6.45) is 2.91. The predicted molar refractivity (Wildman–Crippen MR) is 281 cm³/mol. The van der Waals surface area contributed by atoms with Gasteiger partial charge in [0, 0.05) is 61.3 Å². The molecule has 0 radical (unpaired) electrons. The first kappa shape index (κ1) is 46.7. The van der Waals surface area contributed by atoms with E-state index in [4.69, 9.17) is 9.72 Å². The van der Waals surface area contributed by atoms with Crippen molar-refractivity contribution in [3.63, 3.8) is 0 Å². The van der Waals surface area contributed by atoms with Gasteiger partial charge in [-0.1, -0.05) is 147 Å². The van der Waals surface area contributed by atoms with Crippen molar-refractivity contribution in [2.75, 3.05) is 9.80 Å². The van der Waals surface area contributed by atoms with E-state index in [1.807, 2.05) is 24.4 Å². The fourth-order valence-corrected chi connectivity index (χ4v) is 9.69. The van der Waals surface area contributed by atoms with E-state index in [-0.39, 0.29) is 26.5 Å². The largest absolute Gasteiger partial charge is 0.509 e. The Kier molecular flexibility index (Phi) is 13.0. The Labute approximate surface area is 417 Å². The van der Waals surface area contributed by atoms with Crippen LogP contribution in [-0.2, 0) is 32.9 Å². The maximum Gasteiger partial charge on any atom is 0.135 e. The van der Waals surface area contributed by atoms with Gasteiger partial charge in [-0.15, -0.1) is 48.1 Å². The van der Waals surface area contributed by atoms with Crippen LogP contribution in [0.5, 0.6) is 11.5 Å². The van der Waals surface area contributed by atoms with Gasteiger partial charge in [0.25, 0.3) is 0 Å². The van der Waals surface area contributed by atoms with Crippen molar-refractivity contribution in [3.8, 4) is 39.6 Å². The van der Waals surface area contributed by atoms with E-state index in [0.717, 1.165) is 56.8 Å². The van der Waals surface area contributed by atoms with Gasteiger partial charge in [-0.05, 0) is 122 Å². The predicted octanol–water partition coefficient (Wildman–Crippen LogP) is 17.1. The minimum Gasteiger partial charge on any atom is -0.509 e. The summed E-state index contributed by atoms with van der Waals surface area (Å²) in [6, 6.07) is 61.9. The molecule has 0 saturated heterocycles. The van der Waals surface area contributed by atoms with Gasteiger partial charge in [0.2, 0.25) is 0 Å². The van der Waals surface area contributed by atoms with Crippen LogP contribution in [-0.4, -0.2) is 9.55 Å². The van der Waals surface area contributed by atoms with E-state index in [0.29, 0.717) is 29.3 Å². The molecule has 0 saturated carbocycles. The van der Waals surface area contributed by atoms with Crippen LogP contribution in [0.25, 0.3) is 49.9 Å². The van der Waals surface area contributed by atoms with E-state index < -0.39 is 0 Å². The van der Waals surface area contributed by atoms with Crippen molar-refractivity contribution in [2.45, 2.75) is 86.0 Å². The number of nitrogens with zero attached hydrogens (tertiary/aromatic N) is 4. The summed E-state index contributed by atoms with van der Waals surface area (Å²) in [5.74, 6) is 3.38. The van der Waals surface area contributed by atoms with E-state index in [9.17, 15) is 0 Å². The van der Waals surface area contributed by atoms with E-state index in [2.05, 4.69) is 229 Å². The zero-order valence-corrected chi connectivity index (χ0v) is 42.8. The minimum absolute atomic E-state index is 0. The van der Waals surface area contributed by atoms with Gasteiger partial charge in [0.15, 0.2) is 0 Å². The molecule has 0 unspecified atom stereocenters. The zero-order valence-electron chi connectivity index (χ0n) is 40.5. The van der Waals surface area contributed by atoms with Crippen LogP contribution < -0.4 is 14.5 Å². The maximum absolute atomic E-state index is 6.75. The first-order valence-electron chi connectivity index (χ1n) is 23.8. The number of pyridine rings is 1. The summed E-state index contributed by atoms with van der Waals surface area (Å²) in [6.45, 7) is 22.7. The molecular weight excluding hydrogens is 1010 g/mol. The van der Waals surface area contributed by atoms with Gasteiger partial charge in [-0.3, -0.25) is 0 Å². The van der Waals surface area contributed by atoms with Crippen LogP contribution in [0.4, 0.5) is 22.7 Å². The summed E-state index contributed by atoms with van der Waals surface area (Å²) in [5.41, 5.74) is 16.3. The molecule has 5 nitrogen and oxygen atoms in total. The van der Waals surface area contributed by atoms with Crippen LogP contribution in [0.1, 0.15) is 96.4 Å². The van der Waals surface area contributed by atoms with Gasteiger partial charge in [-0.25, -0.2) is 4.98 Å². The van der Waals surface area contributed by atoms with Crippen molar-refractivity contribution in [1.82, 2.24) is 9.55 Å². The Morgan fingerprint density at radius 3 is 2.00 bits per heavy atom. The second-order valence-electron chi connectivity index (χ2n) is 20.1. The van der Waals surface area contributed by atoms with Crippen LogP contribution in [0.2, 0.25) is 0 Å². The number of fused-ring (bicyclic) bond motifs is 4. The van der Waals surface area contributed by atoms with Crippen molar-refractivity contribution < 1.29 is 25.8 Å². The Bertz CT molecular complexity index is 3240. The standard InChI is InChI=1S/C62H59N4O.Pt/c1-40(2)31-43-29-30-63-60(32-43)66-56-28-25-45(61-52(41(3)4)21-16-22-53(61)42(5)6)35-55(56)54-27-26-51(38-59(54)66)67-50-20-15-19-48(37-50)64-39-65(58-24-14-13-23-57(58)64)49-34-46(44-17-11-10-12-18-44)33-47(36-49)62(7,8)9;/h10-30,32-36,39-42H,31H2,1-9H3;/q-3;. The third-order valence-corrected chi connectivity index (χ3v) is 13.0. The molecule has 0 N–H and O–H groups in total. The summed E-state index contributed by atoms with van der Waals surface area (Å²) in [5, 5.41) is 2.25. The molecule has 0 bridgehead atoms. The Morgan fingerprint density at radius 1 is 0.603 bits per heavy atom. The molecule has 3 heterocycles. The normalized spacial score (nSPS) is 12.7. The number of hydrogen-bond acceptors (Lipinski definition) is 4. The van der Waals surface area contributed by atoms with Gasteiger partial charge in [0.05, 0.1) is 0 Å².